The van der Waals surface area contributed by atoms with Crippen LogP contribution in [-0.4, -0.2) is 49.3 Å². The number of hydrogen-bond acceptors (Lipinski definition) is 5. The normalized spacial score (nSPS) is 28.3. The van der Waals surface area contributed by atoms with Gasteiger partial charge in [0.15, 0.2) is 0 Å². The molecule has 0 bridgehead atoms. The highest BCUT2D eigenvalue weighted by Gasteiger charge is 2.31. The van der Waals surface area contributed by atoms with Crippen LogP contribution in [0.1, 0.15) is 39.5 Å². The monoisotopic (exact) mass is 470 g/mol. The summed E-state index contributed by atoms with van der Waals surface area (Å²) in [5, 5.41) is 14.9. The number of likely N-dealkylation sites (tertiary alicyclic amines) is 1. The number of nitriles is 1. The van der Waals surface area contributed by atoms with E-state index in [1.54, 1.807) is 12.4 Å². The molecule has 0 aromatic carbocycles. The Morgan fingerprint density at radius 2 is 2.30 bits per heavy atom. The Balaban J connectivity index is 1.66. The molecule has 1 amide bonds. The molecule has 8 heteroatoms. The lowest BCUT2D eigenvalue weighted by Gasteiger charge is -2.35. The standard InChI is InChI=1S/C25H33ClN5O2/c1-3-30-22(13-28)15-29-14-20-10-24(19(12-27)7-17(20)2)33-23-9-18(8-21(26)11-23)16-31-6-4-5-25(31)32/h3,8,10-11,15,17,19-20,23H,4-7,9,13-14,16,28H2,1-2H3/q-1/b22-15-,30-3?. The Bertz CT molecular complexity index is 914. The zero-order valence-corrected chi connectivity index (χ0v) is 20.2. The number of aliphatic imine (C=N–C) groups is 1. The molecule has 0 aromatic rings. The summed E-state index contributed by atoms with van der Waals surface area (Å²) in [6, 6.07) is 2.39. The first-order chi connectivity index (χ1) is 15.9. The maximum Gasteiger partial charge on any atom is 0.222 e. The largest absolute Gasteiger partial charge is 0.689 e. The average Bonchev–Trinajstić information content (AvgIpc) is 3.18. The summed E-state index contributed by atoms with van der Waals surface area (Å²) in [5.74, 6) is 1.05. The zero-order valence-electron chi connectivity index (χ0n) is 19.4. The molecule has 0 spiro atoms. The lowest BCUT2D eigenvalue weighted by atomic mass is 9.79. The zero-order chi connectivity index (χ0) is 23.8. The number of carbonyl (C=O) groups is 1. The molecule has 2 aliphatic carbocycles. The van der Waals surface area contributed by atoms with Gasteiger partial charge in [-0.05, 0) is 55.4 Å². The van der Waals surface area contributed by atoms with Gasteiger partial charge in [-0.2, -0.15) is 11.5 Å². The van der Waals surface area contributed by atoms with Gasteiger partial charge in [0.2, 0.25) is 5.91 Å². The minimum Gasteiger partial charge on any atom is -0.689 e. The molecule has 2 N–H and O–H groups in total. The van der Waals surface area contributed by atoms with E-state index in [0.29, 0.717) is 49.2 Å². The van der Waals surface area contributed by atoms with Crippen LogP contribution in [-0.2, 0) is 9.53 Å². The Hall–Kier alpha value is -2.56. The van der Waals surface area contributed by atoms with Crippen molar-refractivity contribution in [3.63, 3.8) is 0 Å². The van der Waals surface area contributed by atoms with Crippen LogP contribution >= 0.6 is 11.6 Å². The van der Waals surface area contributed by atoms with Crippen molar-refractivity contribution >= 4 is 23.7 Å². The van der Waals surface area contributed by atoms with Crippen LogP contribution in [0.5, 0.6) is 0 Å². The molecular formula is C25H33ClN5O2-. The van der Waals surface area contributed by atoms with Gasteiger partial charge in [0, 0.05) is 49.4 Å². The topological polar surface area (TPSA) is 106 Å². The molecule has 1 saturated heterocycles. The smallest absolute Gasteiger partial charge is 0.222 e. The minimum absolute atomic E-state index is 0.158. The molecule has 0 aromatic heterocycles. The first kappa shape index (κ1) is 25.1. The van der Waals surface area contributed by atoms with E-state index in [1.807, 2.05) is 30.1 Å². The van der Waals surface area contributed by atoms with Gasteiger partial charge in [-0.1, -0.05) is 18.5 Å². The van der Waals surface area contributed by atoms with Crippen LogP contribution in [0.3, 0.4) is 0 Å². The van der Waals surface area contributed by atoms with Crippen LogP contribution < -0.4 is 5.73 Å². The second kappa shape index (κ2) is 12.1. The third-order valence-electron chi connectivity index (χ3n) is 6.28. The SMILES string of the molecule is CC=N/C(=C\[N-]CC1C=C(OC2C=C(Cl)C=C(CN3CCCC3=O)C2)C(C#N)CC1C)CN. The number of ether oxygens (including phenoxy) is 1. The molecule has 3 aliphatic rings. The number of carbonyl (C=O) groups excluding carboxylic acids is 1. The molecule has 4 unspecified atom stereocenters. The fourth-order valence-corrected chi connectivity index (χ4v) is 4.78. The van der Waals surface area contributed by atoms with E-state index in [-0.39, 0.29) is 23.8 Å². The van der Waals surface area contributed by atoms with E-state index in [0.717, 1.165) is 30.7 Å². The van der Waals surface area contributed by atoms with Gasteiger partial charge in [0.25, 0.3) is 0 Å². The Morgan fingerprint density at radius 1 is 1.48 bits per heavy atom. The number of allylic oxidation sites excluding steroid dienone is 3. The van der Waals surface area contributed by atoms with E-state index in [1.165, 1.54) is 0 Å². The van der Waals surface area contributed by atoms with Crippen LogP contribution in [0.2, 0.25) is 0 Å². The van der Waals surface area contributed by atoms with Crippen molar-refractivity contribution in [2.24, 2.45) is 28.5 Å². The predicted octanol–water partition coefficient (Wildman–Crippen LogP) is 4.39. The van der Waals surface area contributed by atoms with Gasteiger partial charge in [0.05, 0.1) is 6.07 Å². The third-order valence-corrected chi connectivity index (χ3v) is 6.51. The lowest BCUT2D eigenvalue weighted by Crippen LogP contribution is -2.30. The van der Waals surface area contributed by atoms with Crippen molar-refractivity contribution in [1.82, 2.24) is 4.90 Å². The van der Waals surface area contributed by atoms with Gasteiger partial charge in [-0.15, -0.1) is 6.54 Å². The van der Waals surface area contributed by atoms with Crippen LogP contribution in [0.25, 0.3) is 5.32 Å². The number of halogens is 1. The summed E-state index contributed by atoms with van der Waals surface area (Å²) < 4.78 is 6.33. The Morgan fingerprint density at radius 3 is 2.97 bits per heavy atom. The Kier molecular flexibility index (Phi) is 9.16. The Labute approximate surface area is 201 Å². The molecule has 4 atom stereocenters. The highest BCUT2D eigenvalue weighted by molar-refractivity contribution is 6.31. The molecule has 7 nitrogen and oxygen atoms in total. The van der Waals surface area contributed by atoms with Gasteiger partial charge < -0.3 is 20.7 Å². The predicted molar refractivity (Wildman–Crippen MR) is 131 cm³/mol. The van der Waals surface area contributed by atoms with E-state index in [9.17, 15) is 10.1 Å². The summed E-state index contributed by atoms with van der Waals surface area (Å²) in [5.41, 5.74) is 7.50. The number of nitrogens with two attached hydrogens (primary N) is 1. The lowest BCUT2D eigenvalue weighted by molar-refractivity contribution is -0.127. The second-order valence-corrected chi connectivity index (χ2v) is 9.27. The fourth-order valence-electron chi connectivity index (χ4n) is 4.48. The van der Waals surface area contributed by atoms with E-state index in [4.69, 9.17) is 22.1 Å². The van der Waals surface area contributed by atoms with Crippen LogP contribution in [0.4, 0.5) is 0 Å². The van der Waals surface area contributed by atoms with E-state index in [2.05, 4.69) is 23.3 Å². The molecule has 33 heavy (non-hydrogen) atoms. The molecule has 1 fully saturated rings. The number of amides is 1. The van der Waals surface area contributed by atoms with Crippen LogP contribution in [0.15, 0.2) is 51.5 Å². The van der Waals surface area contributed by atoms with E-state index >= 15 is 0 Å². The minimum atomic E-state index is -0.294. The van der Waals surface area contributed by atoms with Gasteiger partial charge in [-0.3, -0.25) is 9.79 Å². The fraction of sp³-hybridized carbons (Fsp3) is 0.560. The van der Waals surface area contributed by atoms with Crippen molar-refractivity contribution in [2.45, 2.75) is 45.6 Å². The highest BCUT2D eigenvalue weighted by atomic mass is 35.5. The molecule has 178 valence electrons. The van der Waals surface area contributed by atoms with Crippen molar-refractivity contribution in [1.29, 1.82) is 5.26 Å². The highest BCUT2D eigenvalue weighted by Crippen LogP contribution is 2.36. The van der Waals surface area contributed by atoms with Crippen molar-refractivity contribution in [3.05, 3.63) is 51.8 Å². The number of nitrogens with zero attached hydrogens (tertiary/aromatic N) is 4. The summed E-state index contributed by atoms with van der Waals surface area (Å²) in [7, 11) is 0. The molecule has 1 heterocycles. The van der Waals surface area contributed by atoms with Crippen molar-refractivity contribution in [3.8, 4) is 6.07 Å². The number of hydrogen-bond donors (Lipinski definition) is 1. The average molecular weight is 471 g/mol. The quantitative estimate of drug-likeness (QED) is 0.504. The summed E-state index contributed by atoms with van der Waals surface area (Å²) in [6.07, 6.45) is 11.9. The maximum atomic E-state index is 12.0. The molecule has 0 radical (unpaired) electrons. The van der Waals surface area contributed by atoms with Crippen LogP contribution in [0, 0.1) is 29.1 Å². The summed E-state index contributed by atoms with van der Waals surface area (Å²) in [4.78, 5) is 18.1. The second-order valence-electron chi connectivity index (χ2n) is 8.84. The van der Waals surface area contributed by atoms with Gasteiger partial charge in [-0.25, -0.2) is 0 Å². The molecule has 1 aliphatic heterocycles. The van der Waals surface area contributed by atoms with Gasteiger partial charge >= 0.3 is 0 Å². The summed E-state index contributed by atoms with van der Waals surface area (Å²) in [6.45, 7) is 6.27. The molecule has 0 saturated carbocycles. The maximum absolute atomic E-state index is 12.0. The van der Waals surface area contributed by atoms with Crippen molar-refractivity contribution in [2.75, 3.05) is 26.2 Å². The first-order valence-corrected chi connectivity index (χ1v) is 12.0. The first-order valence-electron chi connectivity index (χ1n) is 11.6. The third kappa shape index (κ3) is 6.96. The van der Waals surface area contributed by atoms with E-state index < -0.39 is 0 Å². The number of rotatable bonds is 9. The van der Waals surface area contributed by atoms with Gasteiger partial charge in [0.1, 0.15) is 17.8 Å². The van der Waals surface area contributed by atoms with Crippen molar-refractivity contribution < 1.29 is 9.53 Å². The summed E-state index contributed by atoms with van der Waals surface area (Å²) >= 11 is 6.38. The molecular weight excluding hydrogens is 438 g/mol. The molecule has 3 rings (SSSR count).